The first-order valence-electron chi connectivity index (χ1n) is 8.46. The fourth-order valence-corrected chi connectivity index (χ4v) is 2.74. The number of carbonyl (C=O) groups is 2. The number of halogens is 1. The van der Waals surface area contributed by atoms with Gasteiger partial charge in [0.05, 0.1) is 13.5 Å². The molecule has 0 radical (unpaired) electrons. The second kappa shape index (κ2) is 10.4. The maximum absolute atomic E-state index is 12.3. The number of hydrogen-bond donors (Lipinski definition) is 1. The van der Waals surface area contributed by atoms with E-state index < -0.39 is 12.0 Å². The van der Waals surface area contributed by atoms with Crippen molar-refractivity contribution in [3.8, 4) is 5.75 Å². The molecule has 1 amide bonds. The summed E-state index contributed by atoms with van der Waals surface area (Å²) in [5.41, 5.74) is 1.65. The number of rotatable bonds is 9. The van der Waals surface area contributed by atoms with E-state index >= 15 is 0 Å². The molecule has 2 aromatic carbocycles. The van der Waals surface area contributed by atoms with Crippen molar-refractivity contribution in [2.24, 2.45) is 0 Å². The molecule has 0 heterocycles. The third-order valence-corrected chi connectivity index (χ3v) is 4.04. The number of benzene rings is 2. The van der Waals surface area contributed by atoms with Gasteiger partial charge in [-0.05, 0) is 35.4 Å². The number of ether oxygens (including phenoxy) is 2. The average Bonchev–Trinajstić information content (AvgIpc) is 2.66. The lowest BCUT2D eigenvalue weighted by atomic mass is 10.0. The normalized spacial score (nSPS) is 11.3. The molecule has 0 aliphatic heterocycles. The number of amides is 1. The first kappa shape index (κ1) is 20.5. The van der Waals surface area contributed by atoms with Gasteiger partial charge in [-0.1, -0.05) is 48.5 Å². The standard InChI is InChI=1S/C21H22ClNO4/c1-3-11-27-18-9-7-15(8-10-18)13-19(21(25)26-2)23-20(24)14-16-5-4-6-17(22)12-16/h3-10,12,19H,1,11,13-14H2,2H3,(H,23,24)/t19-/m0/s1. The summed E-state index contributed by atoms with van der Waals surface area (Å²) < 4.78 is 10.3. The average molecular weight is 388 g/mol. The van der Waals surface area contributed by atoms with Gasteiger partial charge in [0, 0.05) is 11.4 Å². The highest BCUT2D eigenvalue weighted by Crippen LogP contribution is 2.15. The van der Waals surface area contributed by atoms with Crippen LogP contribution in [-0.4, -0.2) is 31.6 Å². The van der Waals surface area contributed by atoms with Crippen molar-refractivity contribution < 1.29 is 19.1 Å². The molecule has 0 bridgehead atoms. The Balaban J connectivity index is 2.01. The molecule has 0 saturated carbocycles. The Labute approximate surface area is 163 Å². The largest absolute Gasteiger partial charge is 0.490 e. The lowest BCUT2D eigenvalue weighted by Gasteiger charge is -2.17. The van der Waals surface area contributed by atoms with E-state index in [-0.39, 0.29) is 12.3 Å². The number of esters is 1. The van der Waals surface area contributed by atoms with E-state index in [1.54, 1.807) is 42.5 Å². The van der Waals surface area contributed by atoms with Crippen LogP contribution in [-0.2, 0) is 27.2 Å². The maximum atomic E-state index is 12.3. The Bertz CT molecular complexity index is 789. The van der Waals surface area contributed by atoms with Gasteiger partial charge in [0.2, 0.25) is 5.91 Å². The van der Waals surface area contributed by atoms with E-state index in [1.807, 2.05) is 12.1 Å². The summed E-state index contributed by atoms with van der Waals surface area (Å²) in [6, 6.07) is 13.6. The molecule has 0 unspecified atom stereocenters. The Kier molecular flexibility index (Phi) is 7.89. The maximum Gasteiger partial charge on any atom is 0.328 e. The molecule has 6 heteroatoms. The van der Waals surface area contributed by atoms with Gasteiger partial charge in [0.1, 0.15) is 18.4 Å². The second-order valence-corrected chi connectivity index (χ2v) is 6.33. The van der Waals surface area contributed by atoms with Crippen molar-refractivity contribution in [3.63, 3.8) is 0 Å². The van der Waals surface area contributed by atoms with E-state index in [4.69, 9.17) is 21.1 Å². The van der Waals surface area contributed by atoms with Gasteiger partial charge >= 0.3 is 5.97 Å². The van der Waals surface area contributed by atoms with Crippen LogP contribution < -0.4 is 10.1 Å². The van der Waals surface area contributed by atoms with Crippen molar-refractivity contribution >= 4 is 23.5 Å². The van der Waals surface area contributed by atoms with Crippen molar-refractivity contribution in [2.75, 3.05) is 13.7 Å². The summed E-state index contributed by atoms with van der Waals surface area (Å²) in [7, 11) is 1.30. The topological polar surface area (TPSA) is 64.6 Å². The number of nitrogens with one attached hydrogen (secondary N) is 1. The van der Waals surface area contributed by atoms with Crippen LogP contribution in [0, 0.1) is 0 Å². The highest BCUT2D eigenvalue weighted by molar-refractivity contribution is 6.30. The van der Waals surface area contributed by atoms with E-state index in [0.717, 1.165) is 11.1 Å². The molecule has 2 rings (SSSR count). The first-order chi connectivity index (χ1) is 13.0. The molecule has 0 aliphatic rings. The van der Waals surface area contributed by atoms with E-state index in [0.29, 0.717) is 23.8 Å². The summed E-state index contributed by atoms with van der Waals surface area (Å²) >= 11 is 5.94. The highest BCUT2D eigenvalue weighted by atomic mass is 35.5. The van der Waals surface area contributed by atoms with Gasteiger partial charge in [-0.15, -0.1) is 0 Å². The zero-order chi connectivity index (χ0) is 19.6. The van der Waals surface area contributed by atoms with E-state index in [1.165, 1.54) is 7.11 Å². The Morgan fingerprint density at radius 3 is 2.56 bits per heavy atom. The zero-order valence-corrected chi connectivity index (χ0v) is 15.9. The summed E-state index contributed by atoms with van der Waals surface area (Å²) in [6.45, 7) is 4.02. The predicted octanol–water partition coefficient (Wildman–Crippen LogP) is 3.35. The second-order valence-electron chi connectivity index (χ2n) is 5.90. The van der Waals surface area contributed by atoms with Gasteiger partial charge in [0.25, 0.3) is 0 Å². The highest BCUT2D eigenvalue weighted by Gasteiger charge is 2.22. The number of carbonyl (C=O) groups excluding carboxylic acids is 2. The SMILES string of the molecule is C=CCOc1ccc(C[C@H](NC(=O)Cc2cccc(Cl)c2)C(=O)OC)cc1. The molecule has 2 aromatic rings. The van der Waals surface area contributed by atoms with Crippen LogP contribution >= 0.6 is 11.6 Å². The van der Waals surface area contributed by atoms with E-state index in [2.05, 4.69) is 11.9 Å². The number of methoxy groups -OCH3 is 1. The molecule has 0 spiro atoms. The quantitative estimate of drug-likeness (QED) is 0.529. The summed E-state index contributed by atoms with van der Waals surface area (Å²) in [6.07, 6.45) is 2.11. The molecule has 1 N–H and O–H groups in total. The smallest absolute Gasteiger partial charge is 0.328 e. The van der Waals surface area contributed by atoms with Crippen LogP contribution in [0.15, 0.2) is 61.2 Å². The van der Waals surface area contributed by atoms with Crippen molar-refractivity contribution in [3.05, 3.63) is 77.3 Å². The van der Waals surface area contributed by atoms with Crippen LogP contribution in [0.4, 0.5) is 0 Å². The zero-order valence-electron chi connectivity index (χ0n) is 15.1. The fraction of sp³-hybridized carbons (Fsp3) is 0.238. The van der Waals surface area contributed by atoms with Crippen LogP contribution in [0.1, 0.15) is 11.1 Å². The third-order valence-electron chi connectivity index (χ3n) is 3.81. The lowest BCUT2D eigenvalue weighted by Crippen LogP contribution is -2.43. The van der Waals surface area contributed by atoms with Gasteiger partial charge in [-0.2, -0.15) is 0 Å². The van der Waals surface area contributed by atoms with Gasteiger partial charge in [0.15, 0.2) is 0 Å². The van der Waals surface area contributed by atoms with Crippen LogP contribution in [0.3, 0.4) is 0 Å². The van der Waals surface area contributed by atoms with Crippen molar-refractivity contribution in [2.45, 2.75) is 18.9 Å². The Morgan fingerprint density at radius 2 is 1.93 bits per heavy atom. The predicted molar refractivity (Wildman–Crippen MR) is 105 cm³/mol. The Morgan fingerprint density at radius 1 is 1.19 bits per heavy atom. The van der Waals surface area contributed by atoms with Crippen molar-refractivity contribution in [1.82, 2.24) is 5.32 Å². The minimum atomic E-state index is -0.776. The lowest BCUT2D eigenvalue weighted by molar-refractivity contribution is -0.145. The van der Waals surface area contributed by atoms with Gasteiger partial charge in [-0.3, -0.25) is 4.79 Å². The van der Waals surface area contributed by atoms with Crippen LogP contribution in [0.2, 0.25) is 5.02 Å². The molecule has 142 valence electrons. The molecule has 0 fully saturated rings. The van der Waals surface area contributed by atoms with E-state index in [9.17, 15) is 9.59 Å². The van der Waals surface area contributed by atoms with Crippen LogP contribution in [0.5, 0.6) is 5.75 Å². The number of hydrogen-bond acceptors (Lipinski definition) is 4. The van der Waals surface area contributed by atoms with Crippen LogP contribution in [0.25, 0.3) is 0 Å². The monoisotopic (exact) mass is 387 g/mol. The molecule has 5 nitrogen and oxygen atoms in total. The first-order valence-corrected chi connectivity index (χ1v) is 8.84. The Hall–Kier alpha value is -2.79. The fourth-order valence-electron chi connectivity index (χ4n) is 2.53. The molecular formula is C21H22ClNO4. The molecule has 1 atom stereocenters. The molecule has 0 aliphatic carbocycles. The molecular weight excluding hydrogens is 366 g/mol. The third kappa shape index (κ3) is 6.79. The molecule has 0 aromatic heterocycles. The summed E-state index contributed by atoms with van der Waals surface area (Å²) in [4.78, 5) is 24.4. The van der Waals surface area contributed by atoms with Crippen molar-refractivity contribution in [1.29, 1.82) is 0 Å². The summed E-state index contributed by atoms with van der Waals surface area (Å²) in [5, 5.41) is 3.29. The summed E-state index contributed by atoms with van der Waals surface area (Å²) in [5.74, 6) is -0.0710. The molecule has 0 saturated heterocycles. The van der Waals surface area contributed by atoms with Gasteiger partial charge < -0.3 is 14.8 Å². The van der Waals surface area contributed by atoms with Gasteiger partial charge in [-0.25, -0.2) is 4.79 Å². The minimum absolute atomic E-state index is 0.127. The minimum Gasteiger partial charge on any atom is -0.490 e. The molecule has 27 heavy (non-hydrogen) atoms.